The van der Waals surface area contributed by atoms with Gasteiger partial charge in [0.2, 0.25) is 5.91 Å². The summed E-state index contributed by atoms with van der Waals surface area (Å²) in [6, 6.07) is 17.9. The van der Waals surface area contributed by atoms with Crippen molar-refractivity contribution in [3.05, 3.63) is 66.5 Å². The van der Waals surface area contributed by atoms with Crippen molar-refractivity contribution < 1.29 is 4.79 Å². The number of carbonyl (C=O) groups excluding carboxylic acids is 1. The van der Waals surface area contributed by atoms with Crippen molar-refractivity contribution in [3.63, 3.8) is 0 Å². The van der Waals surface area contributed by atoms with E-state index in [9.17, 15) is 4.79 Å². The number of thioether (sulfide) groups is 1. The minimum atomic E-state index is -0.0152. The topological polar surface area (TPSA) is 72.2 Å². The number of amides is 1. The predicted molar refractivity (Wildman–Crippen MR) is 102 cm³/mol. The molecule has 0 spiro atoms. The van der Waals surface area contributed by atoms with Gasteiger partial charge in [0.15, 0.2) is 5.65 Å². The molecule has 0 aliphatic heterocycles. The standard InChI is InChI=1S/C19H17N5OS/c25-17(20-11-10-14-6-2-1-3-7-14)12-26-19-18-23-21-13-24(18)16-9-5-4-8-15(16)22-19/h1-9,13H,10-12H2,(H,20,25). The van der Waals surface area contributed by atoms with Crippen LogP contribution in [0.4, 0.5) is 0 Å². The van der Waals surface area contributed by atoms with Gasteiger partial charge in [0.25, 0.3) is 0 Å². The number of nitrogens with one attached hydrogen (secondary N) is 1. The van der Waals surface area contributed by atoms with E-state index in [-0.39, 0.29) is 5.91 Å². The molecule has 1 N–H and O–H groups in total. The van der Waals surface area contributed by atoms with Crippen LogP contribution >= 0.6 is 11.8 Å². The fourth-order valence-electron chi connectivity index (χ4n) is 2.75. The van der Waals surface area contributed by atoms with E-state index in [0.717, 1.165) is 17.5 Å². The van der Waals surface area contributed by atoms with Crippen molar-refractivity contribution in [3.8, 4) is 0 Å². The number of benzene rings is 2. The highest BCUT2D eigenvalue weighted by Gasteiger charge is 2.12. The first-order chi connectivity index (χ1) is 12.8. The summed E-state index contributed by atoms with van der Waals surface area (Å²) >= 11 is 1.38. The Kier molecular flexibility index (Phi) is 4.79. The maximum atomic E-state index is 12.1. The third-order valence-electron chi connectivity index (χ3n) is 4.02. The van der Waals surface area contributed by atoms with Gasteiger partial charge in [0.1, 0.15) is 11.4 Å². The second-order valence-corrected chi connectivity index (χ2v) is 6.77. The first kappa shape index (κ1) is 16.5. The number of aromatic nitrogens is 4. The lowest BCUT2D eigenvalue weighted by atomic mass is 10.1. The molecule has 0 fully saturated rings. The van der Waals surface area contributed by atoms with Crippen LogP contribution in [0.1, 0.15) is 5.56 Å². The summed E-state index contributed by atoms with van der Waals surface area (Å²) < 4.78 is 1.90. The van der Waals surface area contributed by atoms with Crippen molar-refractivity contribution in [2.75, 3.05) is 12.3 Å². The molecule has 26 heavy (non-hydrogen) atoms. The van der Waals surface area contributed by atoms with Crippen LogP contribution in [0.25, 0.3) is 16.7 Å². The minimum Gasteiger partial charge on any atom is -0.355 e. The Labute approximate surface area is 154 Å². The summed E-state index contributed by atoms with van der Waals surface area (Å²) in [7, 11) is 0. The number of para-hydroxylation sites is 2. The van der Waals surface area contributed by atoms with Crippen LogP contribution in [0.5, 0.6) is 0 Å². The lowest BCUT2D eigenvalue weighted by molar-refractivity contribution is -0.118. The molecule has 4 aromatic rings. The normalized spacial score (nSPS) is 11.1. The largest absolute Gasteiger partial charge is 0.355 e. The van der Waals surface area contributed by atoms with Crippen LogP contribution in [0.2, 0.25) is 0 Å². The smallest absolute Gasteiger partial charge is 0.230 e. The van der Waals surface area contributed by atoms with Crippen molar-refractivity contribution >= 4 is 34.3 Å². The fourth-order valence-corrected chi connectivity index (χ4v) is 3.55. The molecule has 2 aromatic carbocycles. The second kappa shape index (κ2) is 7.53. The molecule has 0 saturated heterocycles. The first-order valence-corrected chi connectivity index (χ1v) is 9.32. The highest BCUT2D eigenvalue weighted by Crippen LogP contribution is 2.24. The highest BCUT2D eigenvalue weighted by molar-refractivity contribution is 8.00. The Morgan fingerprint density at radius 3 is 2.77 bits per heavy atom. The van der Waals surface area contributed by atoms with Gasteiger partial charge in [-0.3, -0.25) is 9.20 Å². The zero-order valence-corrected chi connectivity index (χ0v) is 14.8. The van der Waals surface area contributed by atoms with E-state index in [1.165, 1.54) is 17.3 Å². The molecule has 1 amide bonds. The van der Waals surface area contributed by atoms with Gasteiger partial charge in [0.05, 0.1) is 16.8 Å². The average Bonchev–Trinajstić information content (AvgIpc) is 3.17. The molecule has 0 radical (unpaired) electrons. The van der Waals surface area contributed by atoms with Crippen LogP contribution in [-0.2, 0) is 11.2 Å². The second-order valence-electron chi connectivity index (χ2n) is 5.80. The Morgan fingerprint density at radius 2 is 1.88 bits per heavy atom. The van der Waals surface area contributed by atoms with E-state index in [2.05, 4.69) is 32.6 Å². The SMILES string of the molecule is O=C(CSc1nc2ccccc2n2cnnc12)NCCc1ccccc1. The van der Waals surface area contributed by atoms with E-state index < -0.39 is 0 Å². The predicted octanol–water partition coefficient (Wildman–Crippen LogP) is 2.73. The van der Waals surface area contributed by atoms with E-state index >= 15 is 0 Å². The van der Waals surface area contributed by atoms with Crippen LogP contribution in [0, 0.1) is 0 Å². The molecular formula is C19H17N5OS. The summed E-state index contributed by atoms with van der Waals surface area (Å²) in [6.45, 7) is 0.620. The van der Waals surface area contributed by atoms with Crippen LogP contribution in [0.3, 0.4) is 0 Å². The summed E-state index contributed by atoms with van der Waals surface area (Å²) in [5.74, 6) is 0.279. The lowest BCUT2D eigenvalue weighted by Crippen LogP contribution is -2.27. The van der Waals surface area contributed by atoms with E-state index in [4.69, 9.17) is 0 Å². The molecule has 0 bridgehead atoms. The van der Waals surface area contributed by atoms with Crippen molar-refractivity contribution in [2.24, 2.45) is 0 Å². The van der Waals surface area contributed by atoms with E-state index in [0.29, 0.717) is 23.0 Å². The van der Waals surface area contributed by atoms with Gasteiger partial charge in [-0.15, -0.1) is 10.2 Å². The highest BCUT2D eigenvalue weighted by atomic mass is 32.2. The Bertz CT molecular complexity index is 1050. The summed E-state index contributed by atoms with van der Waals surface area (Å²) in [5.41, 5.74) is 3.68. The van der Waals surface area contributed by atoms with Crippen LogP contribution in [-0.4, -0.2) is 37.8 Å². The Hall–Kier alpha value is -2.93. The first-order valence-electron chi connectivity index (χ1n) is 8.33. The Balaban J connectivity index is 1.41. The number of hydrogen-bond acceptors (Lipinski definition) is 5. The molecule has 7 heteroatoms. The summed E-state index contributed by atoms with van der Waals surface area (Å²) in [4.78, 5) is 16.8. The quantitative estimate of drug-likeness (QED) is 0.533. The zero-order chi connectivity index (χ0) is 17.8. The van der Waals surface area contributed by atoms with E-state index in [1.807, 2.05) is 46.9 Å². The van der Waals surface area contributed by atoms with Gasteiger partial charge in [0, 0.05) is 6.54 Å². The maximum Gasteiger partial charge on any atom is 0.230 e. The number of rotatable bonds is 6. The molecule has 0 aliphatic carbocycles. The maximum absolute atomic E-state index is 12.1. The summed E-state index contributed by atoms with van der Waals surface area (Å²) in [5, 5.41) is 11.8. The molecule has 0 unspecified atom stereocenters. The number of carbonyl (C=O) groups is 1. The third-order valence-corrected chi connectivity index (χ3v) is 4.97. The fraction of sp³-hybridized carbons (Fsp3) is 0.158. The van der Waals surface area contributed by atoms with Crippen molar-refractivity contribution in [2.45, 2.75) is 11.4 Å². The average molecular weight is 363 g/mol. The van der Waals surface area contributed by atoms with Crippen molar-refractivity contribution in [1.82, 2.24) is 24.9 Å². The molecule has 130 valence electrons. The molecule has 4 rings (SSSR count). The van der Waals surface area contributed by atoms with Gasteiger partial charge >= 0.3 is 0 Å². The molecular weight excluding hydrogens is 346 g/mol. The third kappa shape index (κ3) is 3.52. The number of hydrogen-bond donors (Lipinski definition) is 1. The van der Waals surface area contributed by atoms with Gasteiger partial charge < -0.3 is 5.32 Å². The number of fused-ring (bicyclic) bond motifs is 3. The monoisotopic (exact) mass is 363 g/mol. The molecule has 2 aromatic heterocycles. The van der Waals surface area contributed by atoms with E-state index in [1.54, 1.807) is 6.33 Å². The summed E-state index contributed by atoms with van der Waals surface area (Å²) in [6.07, 6.45) is 2.49. The molecule has 0 saturated carbocycles. The zero-order valence-electron chi connectivity index (χ0n) is 14.0. The molecule has 0 atom stereocenters. The van der Waals surface area contributed by atoms with Crippen molar-refractivity contribution in [1.29, 1.82) is 0 Å². The van der Waals surface area contributed by atoms with Gasteiger partial charge in [-0.1, -0.05) is 54.2 Å². The number of nitrogens with zero attached hydrogens (tertiary/aromatic N) is 4. The lowest BCUT2D eigenvalue weighted by Gasteiger charge is -2.07. The molecule has 6 nitrogen and oxygen atoms in total. The van der Waals surface area contributed by atoms with Crippen LogP contribution in [0.15, 0.2) is 66.0 Å². The minimum absolute atomic E-state index is 0.0152. The van der Waals surface area contributed by atoms with Gasteiger partial charge in [-0.25, -0.2) is 4.98 Å². The van der Waals surface area contributed by atoms with Gasteiger partial charge in [-0.05, 0) is 24.1 Å². The molecule has 2 heterocycles. The van der Waals surface area contributed by atoms with Crippen LogP contribution < -0.4 is 5.32 Å². The van der Waals surface area contributed by atoms with Gasteiger partial charge in [-0.2, -0.15) is 0 Å². The Morgan fingerprint density at radius 1 is 1.08 bits per heavy atom. The molecule has 0 aliphatic rings.